The summed E-state index contributed by atoms with van der Waals surface area (Å²) in [4.78, 5) is 24.2. The van der Waals surface area contributed by atoms with Gasteiger partial charge in [-0.2, -0.15) is 0 Å². The molecule has 1 saturated heterocycles. The Morgan fingerprint density at radius 3 is 2.72 bits per heavy atom. The summed E-state index contributed by atoms with van der Waals surface area (Å²) in [5.74, 6) is 3.16. The Labute approximate surface area is 233 Å². The lowest BCUT2D eigenvalue weighted by atomic mass is 9.50. The zero-order valence-corrected chi connectivity index (χ0v) is 25.4. The van der Waals surface area contributed by atoms with Gasteiger partial charge in [0.25, 0.3) is 0 Å². The molecular weight excluding hydrogens is 567 g/mol. The Balaban J connectivity index is 1.67. The van der Waals surface area contributed by atoms with E-state index in [1.807, 2.05) is 0 Å². The number of carbonyl (C=O) groups is 2. The van der Waals surface area contributed by atoms with E-state index in [1.54, 1.807) is 0 Å². The lowest BCUT2D eigenvalue weighted by Gasteiger charge is -2.57. The maximum atomic E-state index is 12.6. The summed E-state index contributed by atoms with van der Waals surface area (Å²) in [7, 11) is 1.48. The van der Waals surface area contributed by atoms with Crippen LogP contribution < -0.4 is 0 Å². The molecule has 0 aromatic heterocycles. The van der Waals surface area contributed by atoms with Crippen LogP contribution in [0.3, 0.4) is 0 Å². The fourth-order valence-corrected chi connectivity index (χ4v) is 8.41. The third-order valence-electron chi connectivity index (χ3n) is 10.0. The summed E-state index contributed by atoms with van der Waals surface area (Å²) in [6.45, 7) is 7.87. The van der Waals surface area contributed by atoms with Crippen molar-refractivity contribution in [1.29, 1.82) is 0 Å². The summed E-state index contributed by atoms with van der Waals surface area (Å²) in [6.07, 6.45) is 14.4. The Morgan fingerprint density at radius 2 is 2.06 bits per heavy atom. The number of rotatable bonds is 13. The van der Waals surface area contributed by atoms with Crippen molar-refractivity contribution in [3.05, 3.63) is 0 Å². The minimum absolute atomic E-state index is 0.0908. The molecule has 0 aromatic rings. The van der Waals surface area contributed by atoms with Crippen LogP contribution in [0.15, 0.2) is 0 Å². The molecular formula is C30H51IO5. The Bertz CT molecular complexity index is 693. The van der Waals surface area contributed by atoms with Crippen LogP contribution in [0.25, 0.3) is 0 Å². The number of ketones is 1. The molecule has 0 bridgehead atoms. The van der Waals surface area contributed by atoms with Crippen LogP contribution in [-0.4, -0.2) is 42.3 Å². The number of hydrogen-bond donors (Lipinski definition) is 0. The maximum Gasteiger partial charge on any atom is 0.305 e. The van der Waals surface area contributed by atoms with Gasteiger partial charge in [-0.1, -0.05) is 69.0 Å². The summed E-state index contributed by atoms with van der Waals surface area (Å²) >= 11 is 2.55. The van der Waals surface area contributed by atoms with E-state index < -0.39 is 0 Å². The van der Waals surface area contributed by atoms with E-state index in [-0.39, 0.29) is 23.8 Å². The minimum atomic E-state index is -0.0951. The molecule has 0 N–H and O–H groups in total. The molecule has 0 spiro atoms. The summed E-state index contributed by atoms with van der Waals surface area (Å²) in [6, 6.07) is 0. The SMILES string of the molecule is CCC(CCCC1C[C@H](OC2CCCCO2)[C@@H]2CC(=O)CCC2(C)C1CCI)[C@H](C)CCC(=O)OC. The lowest BCUT2D eigenvalue weighted by Crippen LogP contribution is -2.54. The molecule has 5 unspecified atom stereocenters. The molecule has 0 radical (unpaired) electrons. The van der Waals surface area contributed by atoms with Gasteiger partial charge < -0.3 is 14.2 Å². The molecule has 208 valence electrons. The van der Waals surface area contributed by atoms with Gasteiger partial charge in [-0.05, 0) is 84.4 Å². The highest BCUT2D eigenvalue weighted by Gasteiger charge is 2.54. The number of methoxy groups -OCH3 is 1. The second-order valence-corrected chi connectivity index (χ2v) is 13.2. The maximum absolute atomic E-state index is 12.6. The van der Waals surface area contributed by atoms with Gasteiger partial charge in [0.05, 0.1) is 13.2 Å². The number of fused-ring (bicyclic) bond motifs is 1. The molecule has 3 rings (SSSR count). The second kappa shape index (κ2) is 14.8. The quantitative estimate of drug-likeness (QED) is 0.121. The fraction of sp³-hybridized carbons (Fsp3) is 0.933. The van der Waals surface area contributed by atoms with Crippen molar-refractivity contribution >= 4 is 34.3 Å². The molecule has 3 fully saturated rings. The van der Waals surface area contributed by atoms with Crippen LogP contribution in [0.1, 0.15) is 111 Å². The van der Waals surface area contributed by atoms with Crippen molar-refractivity contribution < 1.29 is 23.8 Å². The van der Waals surface area contributed by atoms with Gasteiger partial charge in [-0.3, -0.25) is 9.59 Å². The first-order valence-electron chi connectivity index (χ1n) is 14.7. The van der Waals surface area contributed by atoms with Crippen LogP contribution in [0.4, 0.5) is 0 Å². The average Bonchev–Trinajstić information content (AvgIpc) is 2.88. The van der Waals surface area contributed by atoms with Gasteiger partial charge in [0.1, 0.15) is 5.78 Å². The van der Waals surface area contributed by atoms with Gasteiger partial charge in [0.15, 0.2) is 6.29 Å². The number of esters is 1. The number of ether oxygens (including phenoxy) is 3. The van der Waals surface area contributed by atoms with Gasteiger partial charge >= 0.3 is 5.97 Å². The fourth-order valence-electron chi connectivity index (χ4n) is 7.74. The zero-order chi connectivity index (χ0) is 26.1. The number of alkyl halides is 1. The molecule has 6 heteroatoms. The van der Waals surface area contributed by atoms with Gasteiger partial charge in [-0.25, -0.2) is 0 Å². The molecule has 36 heavy (non-hydrogen) atoms. The van der Waals surface area contributed by atoms with Gasteiger partial charge in [-0.15, -0.1) is 0 Å². The normalized spacial score (nSPS) is 34.6. The van der Waals surface area contributed by atoms with Gasteiger partial charge in [0, 0.05) is 25.9 Å². The minimum Gasteiger partial charge on any atom is -0.469 e. The van der Waals surface area contributed by atoms with Crippen molar-refractivity contribution in [2.45, 2.75) is 123 Å². The van der Waals surface area contributed by atoms with Crippen molar-refractivity contribution in [3.8, 4) is 0 Å². The standard InChI is InChI=1S/C30H51IO5/c1-5-22(21(2)12-13-28(33)34-4)9-8-10-23-19-27(36-29-11-6-7-18-35-29)26-20-24(32)14-16-30(26,3)25(23)15-17-31/h21-23,25-27,29H,5-20H2,1-4H3/t21-,22?,23?,25?,26+,27+,29?,30?/m1/s1. The molecule has 1 aliphatic heterocycles. The van der Waals surface area contributed by atoms with Crippen LogP contribution >= 0.6 is 22.6 Å². The molecule has 5 nitrogen and oxygen atoms in total. The van der Waals surface area contributed by atoms with Crippen LogP contribution in [-0.2, 0) is 23.8 Å². The Kier molecular flexibility index (Phi) is 12.5. The summed E-state index contributed by atoms with van der Waals surface area (Å²) < 4.78 is 18.7. The monoisotopic (exact) mass is 618 g/mol. The first-order chi connectivity index (χ1) is 17.3. The number of Topliss-reactive ketones (excluding diaryl/α,β-unsaturated/α-hetero) is 1. The zero-order valence-electron chi connectivity index (χ0n) is 23.3. The highest BCUT2D eigenvalue weighted by atomic mass is 127. The molecule has 0 aromatic carbocycles. The van der Waals surface area contributed by atoms with E-state index in [0.717, 1.165) is 51.6 Å². The third kappa shape index (κ3) is 7.91. The van der Waals surface area contributed by atoms with E-state index in [9.17, 15) is 9.59 Å². The van der Waals surface area contributed by atoms with Crippen molar-refractivity contribution in [1.82, 2.24) is 0 Å². The highest BCUT2D eigenvalue weighted by Crippen LogP contribution is 2.58. The van der Waals surface area contributed by atoms with E-state index >= 15 is 0 Å². The predicted molar refractivity (Wildman–Crippen MR) is 152 cm³/mol. The third-order valence-corrected chi connectivity index (χ3v) is 10.7. The molecule has 2 saturated carbocycles. The Morgan fingerprint density at radius 1 is 1.25 bits per heavy atom. The largest absolute Gasteiger partial charge is 0.469 e. The van der Waals surface area contributed by atoms with E-state index in [0.29, 0.717) is 48.2 Å². The topological polar surface area (TPSA) is 61.8 Å². The first-order valence-corrected chi connectivity index (χ1v) is 16.3. The van der Waals surface area contributed by atoms with Crippen LogP contribution in [0.2, 0.25) is 0 Å². The van der Waals surface area contributed by atoms with Crippen molar-refractivity contribution in [2.75, 3.05) is 18.1 Å². The van der Waals surface area contributed by atoms with Crippen molar-refractivity contribution in [2.24, 2.45) is 35.0 Å². The Hall–Kier alpha value is -0.210. The predicted octanol–water partition coefficient (Wildman–Crippen LogP) is 7.52. The average molecular weight is 619 g/mol. The molecule has 8 atom stereocenters. The summed E-state index contributed by atoms with van der Waals surface area (Å²) in [5, 5.41) is 0. The van der Waals surface area contributed by atoms with Crippen molar-refractivity contribution in [3.63, 3.8) is 0 Å². The van der Waals surface area contributed by atoms with E-state index in [1.165, 1.54) is 43.6 Å². The number of halogens is 1. The smallest absolute Gasteiger partial charge is 0.305 e. The molecule has 0 amide bonds. The second-order valence-electron chi connectivity index (χ2n) is 12.1. The first kappa shape index (κ1) is 30.3. The van der Waals surface area contributed by atoms with E-state index in [2.05, 4.69) is 43.4 Å². The summed E-state index contributed by atoms with van der Waals surface area (Å²) in [5.41, 5.74) is 0.180. The van der Waals surface area contributed by atoms with Gasteiger partial charge in [0.2, 0.25) is 0 Å². The van der Waals surface area contributed by atoms with Crippen LogP contribution in [0, 0.1) is 35.0 Å². The van der Waals surface area contributed by atoms with Crippen LogP contribution in [0.5, 0.6) is 0 Å². The number of carbonyl (C=O) groups excluding carboxylic acids is 2. The molecule has 3 aliphatic rings. The van der Waals surface area contributed by atoms with E-state index in [4.69, 9.17) is 14.2 Å². The highest BCUT2D eigenvalue weighted by molar-refractivity contribution is 14.1. The number of hydrogen-bond acceptors (Lipinski definition) is 5. The molecule has 1 heterocycles. The lowest BCUT2D eigenvalue weighted by molar-refractivity contribution is -0.232. The molecule has 2 aliphatic carbocycles.